The van der Waals surface area contributed by atoms with Crippen molar-refractivity contribution in [3.63, 3.8) is 0 Å². The summed E-state index contributed by atoms with van der Waals surface area (Å²) in [4.78, 5) is 6.23. The van der Waals surface area contributed by atoms with Gasteiger partial charge in [0.05, 0.1) is 12.3 Å². The van der Waals surface area contributed by atoms with Crippen LogP contribution in [0.4, 0.5) is 4.39 Å². The van der Waals surface area contributed by atoms with Crippen LogP contribution in [0.5, 0.6) is 0 Å². The van der Waals surface area contributed by atoms with Crippen molar-refractivity contribution >= 4 is 5.84 Å². The molecule has 1 heterocycles. The van der Waals surface area contributed by atoms with Crippen LogP contribution in [0.15, 0.2) is 64.5 Å². The van der Waals surface area contributed by atoms with E-state index in [1.807, 2.05) is 44.0 Å². The van der Waals surface area contributed by atoms with E-state index < -0.39 is 6.67 Å². The van der Waals surface area contributed by atoms with E-state index in [2.05, 4.69) is 28.7 Å². The Hall–Kier alpha value is -2.58. The first kappa shape index (κ1) is 20.5. The van der Waals surface area contributed by atoms with Gasteiger partial charge in [-0.15, -0.1) is 0 Å². The molecule has 0 saturated heterocycles. The molecule has 0 amide bonds. The highest BCUT2D eigenvalue weighted by Crippen LogP contribution is 2.12. The lowest BCUT2D eigenvalue weighted by Gasteiger charge is -2.18. The summed E-state index contributed by atoms with van der Waals surface area (Å²) in [5, 5.41) is 12.1. The lowest BCUT2D eigenvalue weighted by molar-refractivity contribution is 0.248. The molecule has 0 bridgehead atoms. The van der Waals surface area contributed by atoms with Gasteiger partial charge in [-0.25, -0.2) is 4.39 Å². The van der Waals surface area contributed by atoms with Crippen LogP contribution in [0.1, 0.15) is 13.8 Å². The monoisotopic (exact) mass is 343 g/mol. The number of hydrogen-bond donors (Lipinski definition) is 2. The van der Waals surface area contributed by atoms with Crippen molar-refractivity contribution in [1.82, 2.24) is 10.2 Å². The van der Waals surface area contributed by atoms with E-state index in [-0.39, 0.29) is 6.61 Å². The van der Waals surface area contributed by atoms with Gasteiger partial charge in [-0.05, 0) is 44.1 Å². The van der Waals surface area contributed by atoms with Gasteiger partial charge in [-0.1, -0.05) is 18.6 Å². The number of aliphatic imine (C=N–C) groups is 1. The maximum atomic E-state index is 12.6. The lowest BCUT2D eigenvalue weighted by Crippen LogP contribution is -2.20. The number of nitrogens with zero attached hydrogens (tertiary/aromatic N) is 2. The molecule has 0 atom stereocenters. The third kappa shape index (κ3) is 6.82. The predicted octanol–water partition coefficient (Wildman–Crippen LogP) is 2.73. The minimum Gasteiger partial charge on any atom is -0.395 e. The third-order valence-corrected chi connectivity index (χ3v) is 3.42. The molecule has 25 heavy (non-hydrogen) atoms. The van der Waals surface area contributed by atoms with Gasteiger partial charge in [0, 0.05) is 37.0 Å². The highest BCUT2D eigenvalue weighted by Gasteiger charge is 2.13. The summed E-state index contributed by atoms with van der Waals surface area (Å²) < 4.78 is 12.6. The Labute approximate surface area is 149 Å². The van der Waals surface area contributed by atoms with E-state index in [0.29, 0.717) is 30.2 Å². The molecule has 0 unspecified atom stereocenters. The van der Waals surface area contributed by atoms with E-state index in [9.17, 15) is 4.39 Å². The summed E-state index contributed by atoms with van der Waals surface area (Å²) in [5.41, 5.74) is 3.01. The largest absolute Gasteiger partial charge is 0.395 e. The Morgan fingerprint density at radius 3 is 2.84 bits per heavy atom. The average Bonchev–Trinajstić information content (AvgIpc) is 2.96. The zero-order chi connectivity index (χ0) is 18.7. The van der Waals surface area contributed by atoms with Crippen molar-refractivity contribution in [2.75, 3.05) is 33.4 Å². The molecule has 0 aromatic carbocycles. The predicted molar refractivity (Wildman–Crippen MR) is 103 cm³/mol. The standard InChI is InChI=1S/C20H26FN3O/c1-5-19(24(4)13-14-25)10-8-16(3)7-9-18-15-17(11-12-21)20(23-18)22-6-2/h5,8,10-11,15,25H,3,6,12-14H2,1-2,4H3,(H,22,23)/b10-8-,17-11-,19-5?. The quantitative estimate of drug-likeness (QED) is 0.552. The van der Waals surface area contributed by atoms with Crippen LogP contribution in [0.3, 0.4) is 0 Å². The topological polar surface area (TPSA) is 47.9 Å². The first-order valence-electron chi connectivity index (χ1n) is 8.22. The van der Waals surface area contributed by atoms with E-state index in [4.69, 9.17) is 5.11 Å². The van der Waals surface area contributed by atoms with Gasteiger partial charge in [0.2, 0.25) is 0 Å². The fourth-order valence-corrected chi connectivity index (χ4v) is 2.15. The zero-order valence-corrected chi connectivity index (χ0v) is 15.1. The van der Waals surface area contributed by atoms with Crippen molar-refractivity contribution in [3.8, 4) is 11.8 Å². The Bertz CT molecular complexity index is 687. The highest BCUT2D eigenvalue weighted by molar-refractivity contribution is 6.05. The van der Waals surface area contributed by atoms with Gasteiger partial charge in [0.15, 0.2) is 0 Å². The second-order valence-electron chi connectivity index (χ2n) is 5.29. The van der Waals surface area contributed by atoms with Gasteiger partial charge >= 0.3 is 0 Å². The number of halogens is 1. The molecule has 2 N–H and O–H groups in total. The minimum atomic E-state index is -0.542. The molecule has 1 aliphatic rings. The van der Waals surface area contributed by atoms with Gasteiger partial charge < -0.3 is 15.3 Å². The number of amidine groups is 1. The average molecular weight is 343 g/mol. The second kappa shape index (κ2) is 11.1. The van der Waals surface area contributed by atoms with Crippen LogP contribution >= 0.6 is 0 Å². The second-order valence-corrected chi connectivity index (χ2v) is 5.29. The molecule has 5 heteroatoms. The number of nitrogens with one attached hydrogen (secondary N) is 1. The van der Waals surface area contributed by atoms with Crippen LogP contribution in [-0.4, -0.2) is 49.3 Å². The molecule has 0 spiro atoms. The summed E-state index contributed by atoms with van der Waals surface area (Å²) in [6, 6.07) is 0. The molecule has 0 fully saturated rings. The molecule has 0 aliphatic carbocycles. The van der Waals surface area contributed by atoms with Crippen LogP contribution in [0.2, 0.25) is 0 Å². The summed E-state index contributed by atoms with van der Waals surface area (Å²) >= 11 is 0. The fraction of sp³-hybridized carbons (Fsp3) is 0.350. The molecular weight excluding hydrogens is 317 g/mol. The van der Waals surface area contributed by atoms with Crippen molar-refractivity contribution in [1.29, 1.82) is 0 Å². The van der Waals surface area contributed by atoms with Crippen LogP contribution in [0.25, 0.3) is 0 Å². The lowest BCUT2D eigenvalue weighted by atomic mass is 10.2. The summed E-state index contributed by atoms with van der Waals surface area (Å²) in [5.74, 6) is 6.60. The van der Waals surface area contributed by atoms with Gasteiger partial charge in [0.25, 0.3) is 0 Å². The minimum absolute atomic E-state index is 0.0959. The molecule has 0 saturated carbocycles. The summed E-state index contributed by atoms with van der Waals surface area (Å²) in [6.45, 7) is 8.50. The summed E-state index contributed by atoms with van der Waals surface area (Å²) in [7, 11) is 1.91. The van der Waals surface area contributed by atoms with E-state index in [1.54, 1.807) is 6.08 Å². The summed E-state index contributed by atoms with van der Waals surface area (Å²) in [6.07, 6.45) is 8.94. The molecule has 0 radical (unpaired) electrons. The van der Waals surface area contributed by atoms with Crippen molar-refractivity contribution < 1.29 is 9.50 Å². The molecule has 4 nitrogen and oxygen atoms in total. The number of hydrogen-bond acceptors (Lipinski definition) is 3. The van der Waals surface area contributed by atoms with Crippen LogP contribution in [-0.2, 0) is 0 Å². The maximum absolute atomic E-state index is 12.6. The molecule has 0 aromatic rings. The number of aliphatic hydroxyl groups excluding tert-OH is 1. The number of aliphatic hydroxyl groups is 1. The molecule has 1 aliphatic heterocycles. The van der Waals surface area contributed by atoms with Crippen molar-refractivity contribution in [2.45, 2.75) is 13.8 Å². The SMILES string of the molecule is C=C(C#CC1=C/C(=C/CF)C(=NCC)N1)/C=C\C(=CC)N(C)CCO. The smallest absolute Gasteiger partial charge is 0.133 e. The molecular formula is C20H26FN3O. The molecule has 1 rings (SSSR count). The molecule has 134 valence electrons. The number of rotatable bonds is 7. The zero-order valence-electron chi connectivity index (χ0n) is 15.1. The first-order valence-corrected chi connectivity index (χ1v) is 8.22. The Morgan fingerprint density at radius 1 is 1.48 bits per heavy atom. The Balaban J connectivity index is 2.79. The first-order chi connectivity index (χ1) is 12.0. The Morgan fingerprint density at radius 2 is 2.24 bits per heavy atom. The van der Waals surface area contributed by atoms with Gasteiger partial charge in [-0.3, -0.25) is 4.99 Å². The number of allylic oxidation sites excluding steroid dienone is 6. The van der Waals surface area contributed by atoms with E-state index in [0.717, 1.165) is 11.3 Å². The van der Waals surface area contributed by atoms with Gasteiger partial charge in [-0.2, -0.15) is 0 Å². The number of alkyl halides is 1. The van der Waals surface area contributed by atoms with Crippen LogP contribution < -0.4 is 5.32 Å². The normalized spacial score (nSPS) is 17.5. The van der Waals surface area contributed by atoms with Crippen LogP contribution in [0, 0.1) is 11.8 Å². The maximum Gasteiger partial charge on any atom is 0.133 e. The molecule has 0 aromatic heterocycles. The Kier molecular flexibility index (Phi) is 9.05. The third-order valence-electron chi connectivity index (χ3n) is 3.42. The van der Waals surface area contributed by atoms with Crippen molar-refractivity contribution in [2.24, 2.45) is 4.99 Å². The fourth-order valence-electron chi connectivity index (χ4n) is 2.15. The number of likely N-dealkylation sites (N-methyl/N-ethyl adjacent to an activating group) is 1. The highest BCUT2D eigenvalue weighted by atomic mass is 19.1. The van der Waals surface area contributed by atoms with E-state index in [1.165, 1.54) is 6.08 Å². The van der Waals surface area contributed by atoms with Gasteiger partial charge in [0.1, 0.15) is 12.5 Å². The van der Waals surface area contributed by atoms with Crippen molar-refractivity contribution in [3.05, 3.63) is 59.5 Å². The van der Waals surface area contributed by atoms with E-state index >= 15 is 0 Å².